The highest BCUT2D eigenvalue weighted by atomic mass is 16.6. The number of nitrogens with zero attached hydrogens (tertiary/aromatic N) is 3. The molecule has 1 aromatic heterocycles. The van der Waals surface area contributed by atoms with Crippen molar-refractivity contribution in [1.29, 1.82) is 0 Å². The maximum absolute atomic E-state index is 13.4. The number of carbonyl (C=O) groups is 4. The number of hydrogen-bond donors (Lipinski definition) is 7. The summed E-state index contributed by atoms with van der Waals surface area (Å²) in [7, 11) is 0. The standard InChI is InChI=1S/C39H58N6O10/c1-24-18-27-19-25(2)35(24)54-17-16-40-31(48)14-10-5-3-4-6-11-15-39(38(52)53)20-29(46)33(36(55-39)34(50)30(47)21-41-37(27)51)42-32(49)23-45-22-28(43-44-45)26-12-8-7-9-13-26/h18-19,22,26,29-30,33-34,36,46-47,50H,3-17,20-21,23H2,1-2H3,(H,40,48)(H,41,51)(H,42,49)(H,52,53)/t29-,30+,33+,34+,36+,39+/m0/s1. The van der Waals surface area contributed by atoms with Crippen LogP contribution >= 0.6 is 0 Å². The largest absolute Gasteiger partial charge is 0.491 e. The van der Waals surface area contributed by atoms with E-state index in [-0.39, 0.29) is 43.4 Å². The van der Waals surface area contributed by atoms with Crippen molar-refractivity contribution in [2.45, 2.75) is 152 Å². The maximum atomic E-state index is 13.4. The second kappa shape index (κ2) is 19.6. The summed E-state index contributed by atoms with van der Waals surface area (Å²) in [6, 6.07) is 1.95. The molecule has 0 spiro atoms. The number of fused-ring (bicyclic) bond motifs is 18. The number of aliphatic hydroxyl groups excluding tert-OH is 3. The molecule has 3 amide bonds. The summed E-state index contributed by atoms with van der Waals surface area (Å²) in [4.78, 5) is 51.8. The number of amides is 3. The van der Waals surface area contributed by atoms with Crippen LogP contribution < -0.4 is 20.7 Å². The van der Waals surface area contributed by atoms with E-state index in [1.807, 2.05) is 0 Å². The number of benzene rings is 1. The average Bonchev–Trinajstić information content (AvgIpc) is 3.62. The van der Waals surface area contributed by atoms with Crippen molar-refractivity contribution in [3.05, 3.63) is 40.7 Å². The molecule has 2 aromatic rings. The van der Waals surface area contributed by atoms with Gasteiger partial charge in [0.1, 0.15) is 31.1 Å². The van der Waals surface area contributed by atoms with E-state index in [1.165, 1.54) is 11.1 Å². The van der Waals surface area contributed by atoms with Crippen LogP contribution in [0.2, 0.25) is 0 Å². The number of rotatable bonds is 5. The van der Waals surface area contributed by atoms with Gasteiger partial charge in [0.2, 0.25) is 11.8 Å². The Bertz CT molecular complexity index is 1610. The van der Waals surface area contributed by atoms with Gasteiger partial charge in [-0.25, -0.2) is 9.48 Å². The lowest BCUT2D eigenvalue weighted by molar-refractivity contribution is -0.229. The quantitative estimate of drug-likeness (QED) is 0.232. The molecule has 4 aliphatic rings. The Morgan fingerprint density at radius 1 is 0.945 bits per heavy atom. The lowest BCUT2D eigenvalue weighted by Crippen LogP contribution is -2.67. The third-order valence-corrected chi connectivity index (χ3v) is 11.1. The minimum absolute atomic E-state index is 0.0121. The number of nitrogens with one attached hydrogen (secondary N) is 3. The van der Waals surface area contributed by atoms with Crippen molar-refractivity contribution in [3.8, 4) is 5.75 Å². The molecule has 4 bridgehead atoms. The molecular formula is C39H58N6O10. The first-order valence-corrected chi connectivity index (χ1v) is 19.8. The van der Waals surface area contributed by atoms with Crippen LogP contribution in [0.4, 0.5) is 0 Å². The third-order valence-electron chi connectivity index (χ3n) is 11.1. The molecule has 0 radical (unpaired) electrons. The lowest BCUT2D eigenvalue weighted by atomic mass is 9.80. The first-order chi connectivity index (χ1) is 26.4. The molecule has 6 atom stereocenters. The molecule has 1 aliphatic carbocycles. The lowest BCUT2D eigenvalue weighted by Gasteiger charge is -2.47. The molecule has 1 saturated heterocycles. The van der Waals surface area contributed by atoms with Crippen LogP contribution in [-0.2, 0) is 25.7 Å². The fourth-order valence-corrected chi connectivity index (χ4v) is 8.07. The fraction of sp³-hybridized carbons (Fsp3) is 0.692. The van der Waals surface area contributed by atoms with Gasteiger partial charge in [-0.3, -0.25) is 14.4 Å². The van der Waals surface area contributed by atoms with Crippen LogP contribution in [0.25, 0.3) is 0 Å². The van der Waals surface area contributed by atoms with Gasteiger partial charge in [0.15, 0.2) is 5.60 Å². The van der Waals surface area contributed by atoms with E-state index in [0.717, 1.165) is 50.6 Å². The third kappa shape index (κ3) is 11.2. The number of hydrogen-bond acceptors (Lipinski definition) is 11. The van der Waals surface area contributed by atoms with Crippen molar-refractivity contribution in [3.63, 3.8) is 0 Å². The minimum atomic E-state index is -1.92. The highest BCUT2D eigenvalue weighted by molar-refractivity contribution is 5.95. The number of aryl methyl sites for hydroxylation is 2. The Kier molecular flexibility index (Phi) is 15.0. The van der Waals surface area contributed by atoms with Gasteiger partial charge in [-0.1, -0.05) is 50.2 Å². The van der Waals surface area contributed by atoms with Crippen LogP contribution in [0.1, 0.15) is 123 Å². The molecule has 1 aromatic carbocycles. The van der Waals surface area contributed by atoms with Gasteiger partial charge in [0, 0.05) is 37.1 Å². The molecule has 16 nitrogen and oxygen atoms in total. The van der Waals surface area contributed by atoms with Crippen LogP contribution in [0, 0.1) is 13.8 Å². The first kappa shape index (κ1) is 42.0. The molecule has 4 heterocycles. The summed E-state index contributed by atoms with van der Waals surface area (Å²) in [5.74, 6) is -1.67. The molecule has 304 valence electrons. The summed E-state index contributed by atoms with van der Waals surface area (Å²) < 4.78 is 13.5. The van der Waals surface area contributed by atoms with Gasteiger partial charge in [-0.05, 0) is 69.2 Å². The number of aliphatic hydroxyl groups is 3. The number of carboxylic acids is 1. The summed E-state index contributed by atoms with van der Waals surface area (Å²) >= 11 is 0. The van der Waals surface area contributed by atoms with Gasteiger partial charge < -0.3 is 45.9 Å². The van der Waals surface area contributed by atoms with Crippen LogP contribution in [0.5, 0.6) is 5.75 Å². The van der Waals surface area contributed by atoms with E-state index in [1.54, 1.807) is 32.2 Å². The Labute approximate surface area is 321 Å². The van der Waals surface area contributed by atoms with E-state index in [2.05, 4.69) is 26.3 Å². The van der Waals surface area contributed by atoms with Gasteiger partial charge in [0.05, 0.1) is 30.5 Å². The smallest absolute Gasteiger partial charge is 0.336 e. The van der Waals surface area contributed by atoms with Crippen LogP contribution in [-0.4, -0.2) is 115 Å². The fourth-order valence-electron chi connectivity index (χ4n) is 8.07. The van der Waals surface area contributed by atoms with Crippen molar-refractivity contribution in [2.24, 2.45) is 0 Å². The molecule has 7 N–H and O–H groups in total. The Hall–Kier alpha value is -4.12. The SMILES string of the molecule is Cc1cc2cc(C)c1OCCNC(=O)CCCCCCCC[C@]1(C(=O)O)C[C@H](O)[C@@H](NC(=O)Cn3cc(C4CCCCC4)nn3)[C@@H](O1)[C@H](O)[C@H](O)CNC2=O. The van der Waals surface area contributed by atoms with Crippen molar-refractivity contribution in [2.75, 3.05) is 19.7 Å². The Morgan fingerprint density at radius 2 is 1.62 bits per heavy atom. The van der Waals surface area contributed by atoms with Crippen molar-refractivity contribution in [1.82, 2.24) is 30.9 Å². The second-order valence-corrected chi connectivity index (χ2v) is 15.4. The van der Waals surface area contributed by atoms with Gasteiger partial charge >= 0.3 is 5.97 Å². The number of ether oxygens (including phenoxy) is 2. The Morgan fingerprint density at radius 3 is 2.33 bits per heavy atom. The predicted molar refractivity (Wildman–Crippen MR) is 199 cm³/mol. The van der Waals surface area contributed by atoms with E-state index in [4.69, 9.17) is 9.47 Å². The van der Waals surface area contributed by atoms with E-state index in [0.29, 0.717) is 49.1 Å². The topological polar surface area (TPSA) is 234 Å². The minimum Gasteiger partial charge on any atom is -0.491 e. The van der Waals surface area contributed by atoms with E-state index >= 15 is 0 Å². The molecule has 55 heavy (non-hydrogen) atoms. The maximum Gasteiger partial charge on any atom is 0.336 e. The zero-order valence-corrected chi connectivity index (χ0v) is 32.0. The molecule has 3 aliphatic heterocycles. The molecule has 0 unspecified atom stereocenters. The van der Waals surface area contributed by atoms with E-state index in [9.17, 15) is 39.6 Å². The second-order valence-electron chi connectivity index (χ2n) is 15.4. The first-order valence-electron chi connectivity index (χ1n) is 19.8. The Balaban J connectivity index is 1.33. The van der Waals surface area contributed by atoms with Crippen LogP contribution in [0.15, 0.2) is 18.3 Å². The zero-order valence-electron chi connectivity index (χ0n) is 32.0. The molecule has 2 fully saturated rings. The number of carbonyl (C=O) groups excluding carboxylic acids is 3. The van der Waals surface area contributed by atoms with Gasteiger partial charge in [-0.2, -0.15) is 0 Å². The summed E-state index contributed by atoms with van der Waals surface area (Å²) in [6.45, 7) is 3.46. The molecule has 1 saturated carbocycles. The summed E-state index contributed by atoms with van der Waals surface area (Å²) in [6.07, 6.45) is 4.89. The monoisotopic (exact) mass is 770 g/mol. The number of aliphatic carboxylic acids is 1. The number of aromatic nitrogens is 3. The molecular weight excluding hydrogens is 712 g/mol. The van der Waals surface area contributed by atoms with Gasteiger partial charge in [0.25, 0.3) is 5.91 Å². The van der Waals surface area contributed by atoms with Gasteiger partial charge in [-0.15, -0.1) is 5.10 Å². The summed E-state index contributed by atoms with van der Waals surface area (Å²) in [5, 5.41) is 61.3. The van der Waals surface area contributed by atoms with E-state index < -0.39 is 60.4 Å². The highest BCUT2D eigenvalue weighted by Crippen LogP contribution is 2.37. The van der Waals surface area contributed by atoms with Crippen molar-refractivity contribution < 1.29 is 49.1 Å². The van der Waals surface area contributed by atoms with Crippen molar-refractivity contribution >= 4 is 23.7 Å². The van der Waals surface area contributed by atoms with Crippen LogP contribution in [0.3, 0.4) is 0 Å². The predicted octanol–water partition coefficient (Wildman–Crippen LogP) is 2.18. The number of carboxylic acid groups (broad SMARTS) is 1. The zero-order chi connectivity index (χ0) is 39.5. The normalized spacial score (nSPS) is 28.5. The highest BCUT2D eigenvalue weighted by Gasteiger charge is 2.54. The summed E-state index contributed by atoms with van der Waals surface area (Å²) in [5.41, 5.74) is 0.546. The molecule has 6 rings (SSSR count). The molecule has 16 heteroatoms. The average molecular weight is 771 g/mol.